The van der Waals surface area contributed by atoms with E-state index < -0.39 is 17.6 Å². The molecule has 2 aliphatic rings. The number of carbonyl (C=O) groups is 1. The second-order valence-electron chi connectivity index (χ2n) is 6.43. The molecule has 2 aliphatic heterocycles. The minimum Gasteiger partial charge on any atom is -0.378 e. The Morgan fingerprint density at radius 2 is 1.96 bits per heavy atom. The van der Waals surface area contributed by atoms with Crippen LogP contribution in [0.4, 0.5) is 18.9 Å². The molecule has 0 radical (unpaired) electrons. The van der Waals surface area contributed by atoms with Crippen molar-refractivity contribution < 1.29 is 22.7 Å². The predicted molar refractivity (Wildman–Crippen MR) is 87.7 cm³/mol. The smallest absolute Gasteiger partial charge is 0.378 e. The molecule has 2 saturated heterocycles. The Kier molecular flexibility index (Phi) is 5.07. The number of nitrogens with zero attached hydrogens (tertiary/aromatic N) is 3. The van der Waals surface area contributed by atoms with E-state index in [1.165, 1.54) is 15.9 Å². The van der Waals surface area contributed by atoms with Gasteiger partial charge in [0.25, 0.3) is 5.91 Å². The Hall–Kier alpha value is -2.31. The molecular formula is C17H19F3N4O2. The van der Waals surface area contributed by atoms with Crippen molar-refractivity contribution in [3.05, 3.63) is 28.8 Å². The lowest BCUT2D eigenvalue weighted by atomic mass is 10.00. The Bertz CT molecular complexity index is 739. The quantitative estimate of drug-likeness (QED) is 0.857. The van der Waals surface area contributed by atoms with Gasteiger partial charge in [0.15, 0.2) is 0 Å². The first-order valence-electron chi connectivity index (χ1n) is 8.34. The largest absolute Gasteiger partial charge is 0.418 e. The number of hydrogen-bond acceptors (Lipinski definition) is 5. The number of halogens is 3. The van der Waals surface area contributed by atoms with Gasteiger partial charge in [-0.2, -0.15) is 18.4 Å². The lowest BCUT2D eigenvalue weighted by molar-refractivity contribution is -0.137. The summed E-state index contributed by atoms with van der Waals surface area (Å²) in [5.41, 5.74) is 4.41. The minimum atomic E-state index is -4.69. The van der Waals surface area contributed by atoms with Gasteiger partial charge in [0.1, 0.15) is 0 Å². The van der Waals surface area contributed by atoms with Crippen LogP contribution in [0.2, 0.25) is 0 Å². The molecule has 2 N–H and O–H groups in total. The third kappa shape index (κ3) is 3.61. The van der Waals surface area contributed by atoms with Crippen LogP contribution in [0.15, 0.2) is 12.1 Å². The minimum absolute atomic E-state index is 0.104. The molecule has 2 fully saturated rings. The number of ether oxygens (including phenoxy) is 1. The molecule has 0 aromatic heterocycles. The van der Waals surface area contributed by atoms with Crippen molar-refractivity contribution in [3.8, 4) is 6.07 Å². The molecule has 140 valence electrons. The summed E-state index contributed by atoms with van der Waals surface area (Å²) in [7, 11) is 0. The van der Waals surface area contributed by atoms with Crippen LogP contribution in [0.25, 0.3) is 0 Å². The number of nitriles is 1. The average molecular weight is 368 g/mol. The SMILES string of the molecule is N#Cc1cc(C(=O)N2CCOCC2)c(N2CCC(N)C2)c(C(F)(F)F)c1. The van der Waals surface area contributed by atoms with E-state index in [4.69, 9.17) is 15.7 Å². The van der Waals surface area contributed by atoms with Gasteiger partial charge in [-0.3, -0.25) is 4.79 Å². The molecule has 1 unspecified atom stereocenters. The van der Waals surface area contributed by atoms with E-state index in [0.717, 1.165) is 6.07 Å². The zero-order valence-corrected chi connectivity index (χ0v) is 14.1. The van der Waals surface area contributed by atoms with Crippen LogP contribution in [0.3, 0.4) is 0 Å². The number of morpholine rings is 1. The number of rotatable bonds is 2. The van der Waals surface area contributed by atoms with Crippen molar-refractivity contribution in [2.24, 2.45) is 5.73 Å². The molecule has 2 heterocycles. The Labute approximate surface area is 148 Å². The summed E-state index contributed by atoms with van der Waals surface area (Å²) in [6.45, 7) is 1.84. The molecule has 1 aromatic rings. The molecule has 6 nitrogen and oxygen atoms in total. The van der Waals surface area contributed by atoms with E-state index in [-0.39, 0.29) is 29.4 Å². The number of benzene rings is 1. The maximum atomic E-state index is 13.7. The zero-order chi connectivity index (χ0) is 18.9. The van der Waals surface area contributed by atoms with Gasteiger partial charge in [0.2, 0.25) is 0 Å². The van der Waals surface area contributed by atoms with Crippen molar-refractivity contribution in [1.29, 1.82) is 5.26 Å². The summed E-state index contributed by atoms with van der Waals surface area (Å²) in [4.78, 5) is 15.9. The topological polar surface area (TPSA) is 82.6 Å². The van der Waals surface area contributed by atoms with Crippen LogP contribution in [0.1, 0.15) is 27.9 Å². The molecule has 1 amide bonds. The Balaban J connectivity index is 2.14. The second kappa shape index (κ2) is 7.13. The van der Waals surface area contributed by atoms with Crippen LogP contribution in [0, 0.1) is 11.3 Å². The molecule has 3 rings (SSSR count). The fraction of sp³-hybridized carbons (Fsp3) is 0.529. The first-order chi connectivity index (χ1) is 12.3. The fourth-order valence-corrected chi connectivity index (χ4v) is 3.35. The highest BCUT2D eigenvalue weighted by molar-refractivity contribution is 6.01. The number of amides is 1. The third-order valence-corrected chi connectivity index (χ3v) is 4.61. The highest BCUT2D eigenvalue weighted by Gasteiger charge is 2.39. The highest BCUT2D eigenvalue weighted by Crippen LogP contribution is 2.41. The first-order valence-corrected chi connectivity index (χ1v) is 8.34. The molecule has 0 saturated carbocycles. The van der Waals surface area contributed by atoms with E-state index in [0.29, 0.717) is 39.3 Å². The number of anilines is 1. The van der Waals surface area contributed by atoms with Gasteiger partial charge in [-0.25, -0.2) is 0 Å². The van der Waals surface area contributed by atoms with Crippen molar-refractivity contribution in [2.45, 2.75) is 18.6 Å². The van der Waals surface area contributed by atoms with Gasteiger partial charge in [-0.1, -0.05) is 0 Å². The van der Waals surface area contributed by atoms with Gasteiger partial charge in [-0.15, -0.1) is 0 Å². The number of nitrogens with two attached hydrogens (primary N) is 1. The van der Waals surface area contributed by atoms with E-state index >= 15 is 0 Å². The number of carbonyl (C=O) groups excluding carboxylic acids is 1. The van der Waals surface area contributed by atoms with E-state index in [9.17, 15) is 18.0 Å². The standard InChI is InChI=1S/C17H19F3N4O2/c18-17(19,20)14-8-11(9-21)7-13(15(14)24-2-1-12(22)10-24)16(25)23-3-5-26-6-4-23/h7-8,12H,1-6,10,22H2. The lowest BCUT2D eigenvalue weighted by Gasteiger charge is -2.31. The Morgan fingerprint density at radius 3 is 2.50 bits per heavy atom. The molecule has 26 heavy (non-hydrogen) atoms. The van der Waals surface area contributed by atoms with E-state index in [1.807, 2.05) is 0 Å². The van der Waals surface area contributed by atoms with Crippen molar-refractivity contribution in [1.82, 2.24) is 4.90 Å². The summed E-state index contributed by atoms with van der Waals surface area (Å²) in [6, 6.07) is 3.52. The van der Waals surface area contributed by atoms with Gasteiger partial charge in [0.05, 0.1) is 41.7 Å². The van der Waals surface area contributed by atoms with Gasteiger partial charge in [0, 0.05) is 32.2 Å². The fourth-order valence-electron chi connectivity index (χ4n) is 3.35. The molecule has 1 atom stereocenters. The molecule has 0 aliphatic carbocycles. The lowest BCUT2D eigenvalue weighted by Crippen LogP contribution is -2.41. The van der Waals surface area contributed by atoms with E-state index in [1.54, 1.807) is 6.07 Å². The van der Waals surface area contributed by atoms with E-state index in [2.05, 4.69) is 0 Å². The molecule has 1 aromatic carbocycles. The maximum Gasteiger partial charge on any atom is 0.418 e. The second-order valence-corrected chi connectivity index (χ2v) is 6.43. The van der Waals surface area contributed by atoms with Crippen molar-refractivity contribution in [2.75, 3.05) is 44.3 Å². The van der Waals surface area contributed by atoms with Gasteiger partial charge >= 0.3 is 6.18 Å². The zero-order valence-electron chi connectivity index (χ0n) is 14.1. The monoisotopic (exact) mass is 368 g/mol. The molecule has 9 heteroatoms. The number of alkyl halides is 3. The normalized spacial score (nSPS) is 21.0. The molecule has 0 spiro atoms. The molecule has 0 bridgehead atoms. The summed E-state index contributed by atoms with van der Waals surface area (Å²) in [5.74, 6) is -0.522. The van der Waals surface area contributed by atoms with Crippen LogP contribution in [-0.2, 0) is 10.9 Å². The summed E-state index contributed by atoms with van der Waals surface area (Å²) in [5, 5.41) is 9.15. The predicted octanol–water partition coefficient (Wildman–Crippen LogP) is 1.59. The van der Waals surface area contributed by atoms with Gasteiger partial charge < -0.3 is 20.3 Å². The number of hydrogen-bond donors (Lipinski definition) is 1. The van der Waals surface area contributed by atoms with Crippen molar-refractivity contribution in [3.63, 3.8) is 0 Å². The van der Waals surface area contributed by atoms with Crippen LogP contribution in [-0.4, -0.2) is 56.2 Å². The Morgan fingerprint density at radius 1 is 1.27 bits per heavy atom. The summed E-state index contributed by atoms with van der Waals surface area (Å²) < 4.78 is 46.3. The first kappa shape index (κ1) is 18.5. The third-order valence-electron chi connectivity index (χ3n) is 4.61. The summed E-state index contributed by atoms with van der Waals surface area (Å²) in [6.07, 6.45) is -4.14. The van der Waals surface area contributed by atoms with Crippen molar-refractivity contribution >= 4 is 11.6 Å². The average Bonchev–Trinajstić information content (AvgIpc) is 3.06. The summed E-state index contributed by atoms with van der Waals surface area (Å²) >= 11 is 0. The van der Waals surface area contributed by atoms with Crippen LogP contribution in [0.5, 0.6) is 0 Å². The van der Waals surface area contributed by atoms with Crippen LogP contribution < -0.4 is 10.6 Å². The van der Waals surface area contributed by atoms with Crippen LogP contribution >= 0.6 is 0 Å². The molecular weight excluding hydrogens is 349 g/mol. The maximum absolute atomic E-state index is 13.7. The highest BCUT2D eigenvalue weighted by atomic mass is 19.4. The van der Waals surface area contributed by atoms with Gasteiger partial charge in [-0.05, 0) is 18.6 Å².